The number of ether oxygens (including phenoxy) is 4. The molecule has 0 amide bonds. The normalized spacial score (nSPS) is 12.1. The number of rotatable bonds is 8. The average Bonchev–Trinajstić information content (AvgIpc) is 3.58. The molecule has 2 N–H and O–H groups in total. The lowest BCUT2D eigenvalue weighted by atomic mass is 9.94. The first-order valence-electron chi connectivity index (χ1n) is 12.3. The van der Waals surface area contributed by atoms with Gasteiger partial charge in [0.2, 0.25) is 6.79 Å². The van der Waals surface area contributed by atoms with Crippen molar-refractivity contribution in [3.8, 4) is 34.1 Å². The van der Waals surface area contributed by atoms with E-state index in [-0.39, 0.29) is 12.5 Å². The van der Waals surface area contributed by atoms with E-state index in [2.05, 4.69) is 4.98 Å². The van der Waals surface area contributed by atoms with Crippen molar-refractivity contribution >= 4 is 28.5 Å². The minimum absolute atomic E-state index is 0.110. The van der Waals surface area contributed by atoms with Crippen molar-refractivity contribution < 1.29 is 28.8 Å². The molecule has 0 unspecified atom stereocenters. The fourth-order valence-electron chi connectivity index (χ4n) is 4.91. The third-order valence-electron chi connectivity index (χ3n) is 6.74. The van der Waals surface area contributed by atoms with E-state index >= 15 is 0 Å². The molecule has 1 aliphatic heterocycles. The van der Waals surface area contributed by atoms with E-state index in [1.54, 1.807) is 13.2 Å². The second-order valence-corrected chi connectivity index (χ2v) is 9.53. The summed E-state index contributed by atoms with van der Waals surface area (Å²) in [5, 5.41) is 11.4. The maximum absolute atomic E-state index is 12.3. The highest BCUT2D eigenvalue weighted by Crippen LogP contribution is 2.43. The quantitative estimate of drug-likeness (QED) is 0.218. The summed E-state index contributed by atoms with van der Waals surface area (Å²) >= 11 is 6.69. The number of hydrogen-bond acceptors (Lipinski definition) is 5. The number of benzene rings is 4. The van der Waals surface area contributed by atoms with Crippen LogP contribution in [-0.4, -0.2) is 30.0 Å². The smallest absolute Gasteiger partial charge is 0.352 e. The van der Waals surface area contributed by atoms with Gasteiger partial charge in [-0.3, -0.25) is 0 Å². The number of methoxy groups -OCH3 is 1. The molecule has 4 aromatic carbocycles. The van der Waals surface area contributed by atoms with E-state index in [0.717, 1.165) is 33.4 Å². The van der Waals surface area contributed by atoms with Crippen LogP contribution in [0.4, 0.5) is 0 Å². The number of carbonyl (C=O) groups is 1. The van der Waals surface area contributed by atoms with E-state index in [4.69, 9.17) is 30.5 Å². The zero-order valence-electron chi connectivity index (χ0n) is 21.0. The first-order chi connectivity index (χ1) is 19.0. The van der Waals surface area contributed by atoms with Gasteiger partial charge in [0.15, 0.2) is 11.5 Å². The Morgan fingerprint density at radius 1 is 1.00 bits per heavy atom. The second kappa shape index (κ2) is 10.3. The summed E-state index contributed by atoms with van der Waals surface area (Å²) in [6.45, 7) is 0.430. The van der Waals surface area contributed by atoms with Gasteiger partial charge in [-0.05, 0) is 47.0 Å². The van der Waals surface area contributed by atoms with Crippen molar-refractivity contribution in [2.75, 3.05) is 13.9 Å². The molecule has 196 valence electrons. The molecular formula is C31H24ClNO6. The molecule has 6 rings (SSSR count). The van der Waals surface area contributed by atoms with Gasteiger partial charge in [-0.1, -0.05) is 54.1 Å². The Morgan fingerprint density at radius 3 is 2.56 bits per heavy atom. The van der Waals surface area contributed by atoms with Gasteiger partial charge in [0, 0.05) is 39.5 Å². The number of hydrogen-bond donors (Lipinski definition) is 2. The van der Waals surface area contributed by atoms with Crippen LogP contribution in [-0.2, 0) is 13.0 Å². The first kappa shape index (κ1) is 24.7. The van der Waals surface area contributed by atoms with Gasteiger partial charge in [-0.15, -0.1) is 0 Å². The lowest BCUT2D eigenvalue weighted by Gasteiger charge is -2.16. The molecule has 0 bridgehead atoms. The number of aromatic amines is 1. The Morgan fingerprint density at radius 2 is 1.79 bits per heavy atom. The summed E-state index contributed by atoms with van der Waals surface area (Å²) in [7, 11) is 1.62. The van der Waals surface area contributed by atoms with Crippen molar-refractivity contribution in [2.24, 2.45) is 0 Å². The molecule has 0 saturated carbocycles. The predicted molar refractivity (Wildman–Crippen MR) is 148 cm³/mol. The zero-order valence-corrected chi connectivity index (χ0v) is 21.7. The maximum atomic E-state index is 12.3. The number of carboxylic acids is 1. The molecule has 2 heterocycles. The van der Waals surface area contributed by atoms with Crippen LogP contribution in [0.15, 0.2) is 78.9 Å². The predicted octanol–water partition coefficient (Wildman–Crippen LogP) is 7.09. The summed E-state index contributed by atoms with van der Waals surface area (Å²) in [6.07, 6.45) is 0.372. The Bertz CT molecular complexity index is 1700. The number of carboxylic acid groups (broad SMARTS) is 1. The molecule has 0 saturated heterocycles. The van der Waals surface area contributed by atoms with Crippen LogP contribution in [0.1, 0.15) is 27.2 Å². The van der Waals surface area contributed by atoms with Crippen molar-refractivity contribution in [1.82, 2.24) is 4.98 Å². The van der Waals surface area contributed by atoms with E-state index in [1.165, 1.54) is 0 Å². The van der Waals surface area contributed by atoms with E-state index in [9.17, 15) is 9.90 Å². The van der Waals surface area contributed by atoms with E-state index < -0.39 is 5.97 Å². The zero-order chi connectivity index (χ0) is 26.9. The van der Waals surface area contributed by atoms with Gasteiger partial charge in [0.05, 0.1) is 7.11 Å². The Balaban J connectivity index is 1.53. The standard InChI is InChI=1S/C31H24ClNO6/c1-36-21-9-5-6-18(12-21)16-37-25-11-10-24-29(28(30(33-24)31(34)35)19-7-3-2-4-8-19)22(25)13-20-14-26-27(15-23(20)32)39-17-38-26/h2-12,14-15,33H,13,16-17H2,1H3,(H,34,35). The van der Waals surface area contributed by atoms with Gasteiger partial charge < -0.3 is 29.0 Å². The van der Waals surface area contributed by atoms with Gasteiger partial charge in [-0.2, -0.15) is 0 Å². The van der Waals surface area contributed by atoms with Gasteiger partial charge >= 0.3 is 5.97 Å². The van der Waals surface area contributed by atoms with Crippen molar-refractivity contribution in [1.29, 1.82) is 0 Å². The monoisotopic (exact) mass is 541 g/mol. The number of fused-ring (bicyclic) bond motifs is 2. The molecule has 7 nitrogen and oxygen atoms in total. The Labute approximate surface area is 229 Å². The van der Waals surface area contributed by atoms with E-state index in [1.807, 2.05) is 72.8 Å². The summed E-state index contributed by atoms with van der Waals surface area (Å²) in [6, 6.07) is 24.4. The first-order valence-corrected chi connectivity index (χ1v) is 12.7. The SMILES string of the molecule is COc1cccc(COc2ccc3[nH]c(C(=O)O)c(-c4ccccc4)c3c2Cc2cc3c(cc2Cl)OCO3)c1. The van der Waals surface area contributed by atoms with Gasteiger partial charge in [0.25, 0.3) is 0 Å². The average molecular weight is 542 g/mol. The molecule has 0 radical (unpaired) electrons. The van der Waals surface area contributed by atoms with Crippen LogP contribution in [0.2, 0.25) is 5.02 Å². The van der Waals surface area contributed by atoms with Crippen molar-refractivity contribution in [2.45, 2.75) is 13.0 Å². The molecule has 0 fully saturated rings. The van der Waals surface area contributed by atoms with Crippen LogP contribution in [0.3, 0.4) is 0 Å². The highest BCUT2D eigenvalue weighted by Gasteiger charge is 2.25. The number of halogens is 1. The van der Waals surface area contributed by atoms with Gasteiger partial charge in [0.1, 0.15) is 23.8 Å². The van der Waals surface area contributed by atoms with Crippen LogP contribution in [0.5, 0.6) is 23.0 Å². The largest absolute Gasteiger partial charge is 0.497 e. The number of nitrogens with one attached hydrogen (secondary N) is 1. The van der Waals surface area contributed by atoms with Crippen LogP contribution >= 0.6 is 11.6 Å². The topological polar surface area (TPSA) is 90.0 Å². The van der Waals surface area contributed by atoms with Crippen LogP contribution in [0, 0.1) is 0 Å². The maximum Gasteiger partial charge on any atom is 0.352 e. The summed E-state index contributed by atoms with van der Waals surface area (Å²) in [4.78, 5) is 15.5. The minimum Gasteiger partial charge on any atom is -0.497 e. The Kier molecular flexibility index (Phi) is 6.50. The lowest BCUT2D eigenvalue weighted by molar-refractivity contribution is 0.0692. The molecule has 1 aliphatic rings. The van der Waals surface area contributed by atoms with Crippen LogP contribution < -0.4 is 18.9 Å². The Hall–Kier alpha value is -4.62. The number of aromatic nitrogens is 1. The van der Waals surface area contributed by atoms with Crippen molar-refractivity contribution in [3.63, 3.8) is 0 Å². The molecule has 0 spiro atoms. The third kappa shape index (κ3) is 4.73. The molecular weight excluding hydrogens is 518 g/mol. The van der Waals surface area contributed by atoms with E-state index in [0.29, 0.717) is 46.4 Å². The third-order valence-corrected chi connectivity index (χ3v) is 7.10. The molecule has 8 heteroatoms. The number of aromatic carboxylic acids is 1. The lowest BCUT2D eigenvalue weighted by Crippen LogP contribution is -2.02. The molecule has 0 aliphatic carbocycles. The fourth-order valence-corrected chi connectivity index (χ4v) is 5.13. The summed E-state index contributed by atoms with van der Waals surface area (Å²) in [5.74, 6) is 1.52. The minimum atomic E-state index is -1.05. The van der Waals surface area contributed by atoms with Crippen LogP contribution in [0.25, 0.3) is 22.0 Å². The molecule has 0 atom stereocenters. The summed E-state index contributed by atoms with van der Waals surface area (Å²) in [5.41, 5.74) is 4.72. The molecule has 1 aromatic heterocycles. The number of H-pyrrole nitrogens is 1. The highest BCUT2D eigenvalue weighted by molar-refractivity contribution is 6.31. The molecule has 39 heavy (non-hydrogen) atoms. The molecule has 5 aromatic rings. The highest BCUT2D eigenvalue weighted by atomic mass is 35.5. The fraction of sp³-hybridized carbons (Fsp3) is 0.129. The second-order valence-electron chi connectivity index (χ2n) is 9.12. The summed E-state index contributed by atoms with van der Waals surface area (Å²) < 4.78 is 22.8. The van der Waals surface area contributed by atoms with Gasteiger partial charge in [-0.25, -0.2) is 4.79 Å². The van der Waals surface area contributed by atoms with Crippen molar-refractivity contribution in [3.05, 3.63) is 106 Å².